The largest absolute Gasteiger partial charge is 0.525 e. The SMILES string of the molecule is [2H]C1([2H])OC(=O)[C@]2([2H])[C@H](c3cc(OC)c(OP(=O)(O)O)c(OC)c3)c3cc4c(cc3[C@@H](O[C@@H]3O[C@@H]5CO[C@@H](C)O[C@H]5[C@H](O)[C@H]3O)[C@@H]12)OCO4. The average molecular weight is 672 g/mol. The zero-order chi connectivity index (χ0) is 35.2. The molecule has 0 amide bonds. The lowest BCUT2D eigenvalue weighted by atomic mass is 9.66. The van der Waals surface area contributed by atoms with Crippen LogP contribution in [0.25, 0.3) is 0 Å². The molecule has 4 aliphatic heterocycles. The van der Waals surface area contributed by atoms with Gasteiger partial charge in [0.1, 0.15) is 24.4 Å². The number of cyclic esters (lactones) is 1. The van der Waals surface area contributed by atoms with Gasteiger partial charge in [0.25, 0.3) is 0 Å². The summed E-state index contributed by atoms with van der Waals surface area (Å²) in [5.41, 5.74) is 0.526. The molecule has 0 bridgehead atoms. The zero-order valence-electron chi connectivity index (χ0n) is 27.6. The van der Waals surface area contributed by atoms with Crippen molar-refractivity contribution in [3.05, 3.63) is 41.0 Å². The maximum Gasteiger partial charge on any atom is 0.525 e. The van der Waals surface area contributed by atoms with Crippen LogP contribution in [0.4, 0.5) is 0 Å². The molecule has 16 nitrogen and oxygen atoms in total. The van der Waals surface area contributed by atoms with Crippen LogP contribution in [0.15, 0.2) is 24.3 Å². The minimum atomic E-state index is -5.12. The van der Waals surface area contributed by atoms with E-state index in [1.54, 1.807) is 6.92 Å². The number of aliphatic hydroxyl groups excluding tert-OH is 2. The van der Waals surface area contributed by atoms with Gasteiger partial charge >= 0.3 is 13.8 Å². The second-order valence-electron chi connectivity index (χ2n) is 11.1. The van der Waals surface area contributed by atoms with E-state index < -0.39 is 86.9 Å². The minimum Gasteiger partial charge on any atom is -0.493 e. The summed E-state index contributed by atoms with van der Waals surface area (Å²) in [6.45, 7) is -1.40. The highest BCUT2D eigenvalue weighted by Crippen LogP contribution is 2.57. The van der Waals surface area contributed by atoms with Crippen LogP contribution in [-0.4, -0.2) is 97.1 Å². The van der Waals surface area contributed by atoms with Gasteiger partial charge in [-0.3, -0.25) is 14.6 Å². The lowest BCUT2D eigenvalue weighted by Crippen LogP contribution is -2.63. The molecular weight excluding hydrogens is 635 g/mol. The number of carbonyl (C=O) groups is 1. The smallest absolute Gasteiger partial charge is 0.493 e. The molecule has 17 heteroatoms. The fraction of sp³-hybridized carbons (Fsp3) is 0.552. The van der Waals surface area contributed by atoms with Gasteiger partial charge in [0.2, 0.25) is 12.5 Å². The Bertz CT molecular complexity index is 1680. The number of hydrogen-bond donors (Lipinski definition) is 4. The average Bonchev–Trinajstić information content (AvgIpc) is 3.56. The van der Waals surface area contributed by atoms with Crippen molar-refractivity contribution in [2.45, 2.75) is 55.9 Å². The third kappa shape index (κ3) is 5.37. The first-order valence-corrected chi connectivity index (χ1v) is 15.7. The molecule has 1 aliphatic carbocycles. The van der Waals surface area contributed by atoms with Crippen molar-refractivity contribution in [3.63, 3.8) is 0 Å². The van der Waals surface area contributed by atoms with Crippen LogP contribution in [0.2, 0.25) is 0 Å². The molecule has 0 radical (unpaired) electrons. The summed E-state index contributed by atoms with van der Waals surface area (Å²) in [5, 5.41) is 22.1. The molecule has 0 unspecified atom stereocenters. The van der Waals surface area contributed by atoms with Gasteiger partial charge in [0.15, 0.2) is 35.6 Å². The van der Waals surface area contributed by atoms with Crippen molar-refractivity contribution in [1.82, 2.24) is 0 Å². The van der Waals surface area contributed by atoms with Crippen LogP contribution < -0.4 is 23.5 Å². The number of benzene rings is 2. The summed E-state index contributed by atoms with van der Waals surface area (Å²) in [5.74, 6) is -7.36. The van der Waals surface area contributed by atoms with Gasteiger partial charge in [-0.25, -0.2) is 4.57 Å². The third-order valence-electron chi connectivity index (χ3n) is 8.45. The van der Waals surface area contributed by atoms with Gasteiger partial charge in [-0.05, 0) is 47.9 Å². The number of rotatable bonds is 7. The zero-order valence-corrected chi connectivity index (χ0v) is 25.4. The van der Waals surface area contributed by atoms with E-state index >= 15 is 0 Å². The standard InChI is InChI=1S/C29H33O16P/c1-11-38-9-20-27(42-11)23(30)24(31)29(43-20)44-25-14-7-17-16(40-10-41-17)6-13(14)21(22-15(25)8-39-28(22)32)12-4-18(36-2)26(19(5-12)37-3)45-46(33,34)35/h4-7,11,15,20-25,27,29-31H,8-10H2,1-3H3,(H2,33,34,35)/t11-,15+,20-,21-,22+,23-,24-,25-,27-,29+/m1/s1/i8D2,22D. The maximum absolute atomic E-state index is 13.8. The molecule has 4 N–H and O–H groups in total. The molecule has 3 fully saturated rings. The molecule has 250 valence electrons. The van der Waals surface area contributed by atoms with Crippen LogP contribution in [0.3, 0.4) is 0 Å². The summed E-state index contributed by atoms with van der Waals surface area (Å²) >= 11 is 0. The number of phosphoric acid groups is 1. The summed E-state index contributed by atoms with van der Waals surface area (Å²) in [4.78, 5) is 32.9. The van der Waals surface area contributed by atoms with Crippen molar-refractivity contribution in [3.8, 4) is 28.7 Å². The molecule has 46 heavy (non-hydrogen) atoms. The van der Waals surface area contributed by atoms with Gasteiger partial charge in [-0.15, -0.1) is 0 Å². The summed E-state index contributed by atoms with van der Waals surface area (Å²) in [6, 6.07) is 5.54. The molecule has 5 aliphatic rings. The Labute approximate surface area is 266 Å². The van der Waals surface area contributed by atoms with Crippen LogP contribution in [-0.2, 0) is 33.0 Å². The normalized spacial score (nSPS) is 38.3. The Hall–Kier alpha value is -3.18. The predicted octanol–water partition coefficient (Wildman–Crippen LogP) is 1.10. The van der Waals surface area contributed by atoms with Crippen LogP contribution >= 0.6 is 7.82 Å². The first kappa shape index (κ1) is 27.9. The summed E-state index contributed by atoms with van der Waals surface area (Å²) in [6.07, 6.45) is -8.89. The molecule has 0 aromatic heterocycles. The molecule has 2 aromatic rings. The number of methoxy groups -OCH3 is 2. The molecule has 10 atom stereocenters. The molecule has 7 rings (SSSR count). The maximum atomic E-state index is 13.8. The summed E-state index contributed by atoms with van der Waals surface area (Å²) in [7, 11) is -2.73. The van der Waals surface area contributed by atoms with E-state index in [0.717, 1.165) is 0 Å². The van der Waals surface area contributed by atoms with E-state index in [2.05, 4.69) is 0 Å². The fourth-order valence-corrected chi connectivity index (χ4v) is 6.87. The molecule has 3 saturated heterocycles. The number of carbonyl (C=O) groups excluding carboxylic acids is 1. The molecular formula is C29H33O16P. The van der Waals surface area contributed by atoms with E-state index in [1.165, 1.54) is 38.5 Å². The van der Waals surface area contributed by atoms with Crippen molar-refractivity contribution in [1.29, 1.82) is 0 Å². The van der Waals surface area contributed by atoms with Gasteiger partial charge in [0, 0.05) is 13.2 Å². The second-order valence-corrected chi connectivity index (χ2v) is 12.3. The summed E-state index contributed by atoms with van der Waals surface area (Å²) < 4.78 is 94.6. The lowest BCUT2D eigenvalue weighted by Gasteiger charge is -2.47. The third-order valence-corrected chi connectivity index (χ3v) is 8.87. The van der Waals surface area contributed by atoms with Gasteiger partial charge in [-0.2, -0.15) is 0 Å². The highest BCUT2D eigenvalue weighted by molar-refractivity contribution is 7.46. The Kier molecular flexibility index (Phi) is 7.16. The first-order valence-electron chi connectivity index (χ1n) is 15.7. The Morgan fingerprint density at radius 3 is 2.30 bits per heavy atom. The van der Waals surface area contributed by atoms with Crippen LogP contribution in [0.1, 0.15) is 39.7 Å². The van der Waals surface area contributed by atoms with E-state index in [1.807, 2.05) is 0 Å². The number of hydrogen-bond acceptors (Lipinski definition) is 14. The topological polar surface area (TPSA) is 207 Å². The second kappa shape index (κ2) is 11.8. The highest BCUT2D eigenvalue weighted by Gasteiger charge is 2.56. The van der Waals surface area contributed by atoms with Crippen LogP contribution in [0, 0.1) is 11.8 Å². The minimum absolute atomic E-state index is 0.0168. The molecule has 0 spiro atoms. The Morgan fingerprint density at radius 1 is 0.978 bits per heavy atom. The van der Waals surface area contributed by atoms with Crippen LogP contribution in [0.5, 0.6) is 28.7 Å². The Balaban J connectivity index is 1.40. The van der Waals surface area contributed by atoms with Crippen molar-refractivity contribution in [2.75, 3.05) is 34.2 Å². The van der Waals surface area contributed by atoms with E-state index in [4.69, 9.17) is 49.9 Å². The lowest BCUT2D eigenvalue weighted by molar-refractivity contribution is -0.364. The van der Waals surface area contributed by atoms with Crippen molar-refractivity contribution >= 4 is 13.8 Å². The van der Waals surface area contributed by atoms with E-state index in [-0.39, 0.29) is 53.1 Å². The number of aliphatic hydroxyl groups is 2. The first-order chi connectivity index (χ1) is 23.1. The van der Waals surface area contributed by atoms with Gasteiger partial charge in [-0.1, -0.05) is 0 Å². The highest BCUT2D eigenvalue weighted by atomic mass is 31.2. The number of ether oxygens (including phenoxy) is 9. The quantitative estimate of drug-likeness (QED) is 0.240. The van der Waals surface area contributed by atoms with E-state index in [9.17, 15) is 30.7 Å². The van der Waals surface area contributed by atoms with E-state index in [0.29, 0.717) is 0 Å². The Morgan fingerprint density at radius 2 is 1.65 bits per heavy atom. The van der Waals surface area contributed by atoms with Gasteiger partial charge in [0.05, 0.1) is 42.1 Å². The molecule has 2 aromatic carbocycles. The number of fused-ring (bicyclic) bond motifs is 4. The van der Waals surface area contributed by atoms with Crippen molar-refractivity contribution < 1.29 is 80.6 Å². The number of esters is 1. The van der Waals surface area contributed by atoms with Crippen molar-refractivity contribution in [2.24, 2.45) is 11.8 Å². The molecule has 4 heterocycles. The molecule has 0 saturated carbocycles. The number of phosphoric ester groups is 1. The monoisotopic (exact) mass is 671 g/mol. The van der Waals surface area contributed by atoms with Gasteiger partial charge < -0.3 is 57.4 Å². The predicted molar refractivity (Wildman–Crippen MR) is 149 cm³/mol. The fourth-order valence-electron chi connectivity index (χ4n) is 6.45.